The predicted octanol–water partition coefficient (Wildman–Crippen LogP) is 0.112. The van der Waals surface area contributed by atoms with Gasteiger partial charge in [0.15, 0.2) is 0 Å². The van der Waals surface area contributed by atoms with Crippen LogP contribution >= 0.6 is 0 Å². The van der Waals surface area contributed by atoms with Gasteiger partial charge in [-0.25, -0.2) is 4.79 Å². The molecule has 2 aliphatic heterocycles. The fourth-order valence-electron chi connectivity index (χ4n) is 3.05. The van der Waals surface area contributed by atoms with Crippen molar-refractivity contribution in [3.05, 3.63) is 0 Å². The van der Waals surface area contributed by atoms with Crippen LogP contribution in [-0.2, 0) is 9.59 Å². The first-order valence-electron chi connectivity index (χ1n) is 7.05. The number of piperazine rings is 1. The summed E-state index contributed by atoms with van der Waals surface area (Å²) in [5.41, 5.74) is 0. The number of carbonyl (C=O) groups is 3. The number of carboxylic acids is 1. The quantitative estimate of drug-likeness (QED) is 0.752. The summed E-state index contributed by atoms with van der Waals surface area (Å²) in [5.74, 6) is -1.51. The highest BCUT2D eigenvalue weighted by Gasteiger charge is 2.42. The molecule has 2 saturated heterocycles. The molecule has 0 aromatic rings. The first-order chi connectivity index (χ1) is 9.47. The molecule has 2 N–H and O–H groups in total. The van der Waals surface area contributed by atoms with Gasteiger partial charge in [-0.2, -0.15) is 0 Å². The van der Waals surface area contributed by atoms with Gasteiger partial charge in [0.2, 0.25) is 5.91 Å². The third-order valence-electron chi connectivity index (χ3n) is 4.28. The standard InChI is InChI=1S/C13H21N3O4/c1-3-10-11(17)14-5-7-16(10)13(20)15-6-4-9(8(15)2)12(18)19/h8-10H,3-7H2,1-2H3,(H,14,17)(H,18,19). The molecule has 0 aliphatic carbocycles. The van der Waals surface area contributed by atoms with Gasteiger partial charge in [-0.3, -0.25) is 9.59 Å². The topological polar surface area (TPSA) is 90.0 Å². The summed E-state index contributed by atoms with van der Waals surface area (Å²) >= 11 is 0. The van der Waals surface area contributed by atoms with Crippen LogP contribution in [0, 0.1) is 5.92 Å². The van der Waals surface area contributed by atoms with Gasteiger partial charge in [0, 0.05) is 25.7 Å². The van der Waals surface area contributed by atoms with Crippen molar-refractivity contribution in [1.29, 1.82) is 0 Å². The average molecular weight is 283 g/mol. The van der Waals surface area contributed by atoms with Crippen molar-refractivity contribution >= 4 is 17.9 Å². The molecule has 7 nitrogen and oxygen atoms in total. The van der Waals surface area contributed by atoms with Crippen LogP contribution in [0.1, 0.15) is 26.7 Å². The lowest BCUT2D eigenvalue weighted by Gasteiger charge is -2.38. The van der Waals surface area contributed by atoms with E-state index < -0.39 is 17.9 Å². The lowest BCUT2D eigenvalue weighted by Crippen LogP contribution is -2.60. The number of carbonyl (C=O) groups excluding carboxylic acids is 2. The Morgan fingerprint density at radius 2 is 2.05 bits per heavy atom. The molecule has 2 aliphatic rings. The number of carboxylic acid groups (broad SMARTS) is 1. The number of aliphatic carboxylic acids is 1. The first-order valence-corrected chi connectivity index (χ1v) is 7.05. The van der Waals surface area contributed by atoms with E-state index in [4.69, 9.17) is 5.11 Å². The zero-order valence-corrected chi connectivity index (χ0v) is 11.8. The van der Waals surface area contributed by atoms with Crippen molar-refractivity contribution in [3.63, 3.8) is 0 Å². The molecular weight excluding hydrogens is 262 g/mol. The summed E-state index contributed by atoms with van der Waals surface area (Å²) in [6.45, 7) is 4.99. The zero-order chi connectivity index (χ0) is 14.9. The number of amides is 3. The van der Waals surface area contributed by atoms with Crippen LogP contribution in [0.3, 0.4) is 0 Å². The zero-order valence-electron chi connectivity index (χ0n) is 11.8. The van der Waals surface area contributed by atoms with Crippen LogP contribution in [0.4, 0.5) is 4.79 Å². The summed E-state index contributed by atoms with van der Waals surface area (Å²) in [5, 5.41) is 11.9. The Kier molecular flexibility index (Phi) is 4.15. The van der Waals surface area contributed by atoms with Crippen molar-refractivity contribution in [2.45, 2.75) is 38.8 Å². The number of rotatable bonds is 2. The molecular formula is C13H21N3O4. The largest absolute Gasteiger partial charge is 0.481 e. The Hall–Kier alpha value is -1.79. The van der Waals surface area contributed by atoms with Crippen molar-refractivity contribution < 1.29 is 19.5 Å². The molecule has 112 valence electrons. The molecule has 2 rings (SSSR count). The molecule has 3 unspecified atom stereocenters. The highest BCUT2D eigenvalue weighted by atomic mass is 16.4. The Bertz CT molecular complexity index is 426. The van der Waals surface area contributed by atoms with Gasteiger partial charge in [0.25, 0.3) is 0 Å². The highest BCUT2D eigenvalue weighted by Crippen LogP contribution is 2.26. The summed E-state index contributed by atoms with van der Waals surface area (Å²) in [7, 11) is 0. The number of nitrogens with zero attached hydrogens (tertiary/aromatic N) is 2. The van der Waals surface area contributed by atoms with Crippen LogP contribution < -0.4 is 5.32 Å². The minimum absolute atomic E-state index is 0.131. The molecule has 0 saturated carbocycles. The van der Waals surface area contributed by atoms with Gasteiger partial charge in [-0.05, 0) is 19.8 Å². The summed E-state index contributed by atoms with van der Waals surface area (Å²) in [6.07, 6.45) is 1.03. The van der Waals surface area contributed by atoms with E-state index >= 15 is 0 Å². The van der Waals surface area contributed by atoms with E-state index in [-0.39, 0.29) is 18.0 Å². The van der Waals surface area contributed by atoms with Crippen LogP contribution in [0.5, 0.6) is 0 Å². The fraction of sp³-hybridized carbons (Fsp3) is 0.769. The molecule has 0 aromatic carbocycles. The van der Waals surface area contributed by atoms with Crippen molar-refractivity contribution in [2.24, 2.45) is 5.92 Å². The van der Waals surface area contributed by atoms with Crippen LogP contribution in [0.2, 0.25) is 0 Å². The molecule has 7 heteroatoms. The molecule has 0 spiro atoms. The first kappa shape index (κ1) is 14.6. The molecule has 0 aromatic heterocycles. The Morgan fingerprint density at radius 3 is 2.60 bits per heavy atom. The van der Waals surface area contributed by atoms with E-state index in [1.54, 1.807) is 16.7 Å². The molecule has 0 radical (unpaired) electrons. The second kappa shape index (κ2) is 5.68. The third-order valence-corrected chi connectivity index (χ3v) is 4.28. The van der Waals surface area contributed by atoms with E-state index in [9.17, 15) is 14.4 Å². The van der Waals surface area contributed by atoms with E-state index in [2.05, 4.69) is 5.32 Å². The third kappa shape index (κ3) is 2.44. The highest BCUT2D eigenvalue weighted by molar-refractivity contribution is 5.88. The van der Waals surface area contributed by atoms with Crippen molar-refractivity contribution in [3.8, 4) is 0 Å². The van der Waals surface area contributed by atoms with Crippen molar-refractivity contribution in [1.82, 2.24) is 15.1 Å². The lowest BCUT2D eigenvalue weighted by molar-refractivity contribution is -0.142. The average Bonchev–Trinajstić information content (AvgIpc) is 2.79. The second-order valence-corrected chi connectivity index (χ2v) is 5.36. The van der Waals surface area contributed by atoms with Gasteiger partial charge >= 0.3 is 12.0 Å². The maximum absolute atomic E-state index is 12.6. The van der Waals surface area contributed by atoms with E-state index in [1.165, 1.54) is 0 Å². The maximum atomic E-state index is 12.6. The SMILES string of the molecule is CCC1C(=O)NCCN1C(=O)N1CCC(C(=O)O)C1C. The van der Waals surface area contributed by atoms with E-state index in [0.29, 0.717) is 32.5 Å². The smallest absolute Gasteiger partial charge is 0.321 e. The van der Waals surface area contributed by atoms with Crippen LogP contribution in [0.25, 0.3) is 0 Å². The van der Waals surface area contributed by atoms with E-state index in [1.807, 2.05) is 6.92 Å². The number of urea groups is 1. The molecule has 2 heterocycles. The Morgan fingerprint density at radius 1 is 1.35 bits per heavy atom. The van der Waals surface area contributed by atoms with Gasteiger partial charge < -0.3 is 20.2 Å². The van der Waals surface area contributed by atoms with Gasteiger partial charge in [0.1, 0.15) is 6.04 Å². The molecule has 0 bridgehead atoms. The monoisotopic (exact) mass is 283 g/mol. The van der Waals surface area contributed by atoms with Gasteiger partial charge in [0.05, 0.1) is 5.92 Å². The normalized spacial score (nSPS) is 30.3. The summed E-state index contributed by atoms with van der Waals surface area (Å²) in [4.78, 5) is 38.6. The second-order valence-electron chi connectivity index (χ2n) is 5.36. The number of hydrogen-bond acceptors (Lipinski definition) is 3. The van der Waals surface area contributed by atoms with Gasteiger partial charge in [-0.15, -0.1) is 0 Å². The fourth-order valence-corrected chi connectivity index (χ4v) is 3.05. The van der Waals surface area contributed by atoms with Crippen LogP contribution in [0.15, 0.2) is 0 Å². The van der Waals surface area contributed by atoms with Gasteiger partial charge in [-0.1, -0.05) is 6.92 Å². The summed E-state index contributed by atoms with van der Waals surface area (Å²) < 4.78 is 0. The number of hydrogen-bond donors (Lipinski definition) is 2. The molecule has 20 heavy (non-hydrogen) atoms. The molecule has 3 amide bonds. The Labute approximate surface area is 117 Å². The van der Waals surface area contributed by atoms with E-state index in [0.717, 1.165) is 0 Å². The number of likely N-dealkylation sites (tertiary alicyclic amines) is 1. The Balaban J connectivity index is 2.11. The summed E-state index contributed by atoms with van der Waals surface area (Å²) in [6, 6.07) is -1.00. The maximum Gasteiger partial charge on any atom is 0.321 e. The minimum atomic E-state index is -0.865. The number of nitrogens with one attached hydrogen (secondary N) is 1. The molecule has 2 fully saturated rings. The predicted molar refractivity (Wildman–Crippen MR) is 71.1 cm³/mol. The molecule has 3 atom stereocenters. The van der Waals surface area contributed by atoms with Crippen LogP contribution in [-0.4, -0.2) is 64.5 Å². The minimum Gasteiger partial charge on any atom is -0.481 e. The lowest BCUT2D eigenvalue weighted by atomic mass is 10.0. The van der Waals surface area contributed by atoms with Crippen molar-refractivity contribution in [2.75, 3.05) is 19.6 Å².